The lowest BCUT2D eigenvalue weighted by Crippen LogP contribution is -2.13. The Bertz CT molecular complexity index is 1290. The molecule has 0 saturated carbocycles. The number of pyridine rings is 1. The first kappa shape index (κ1) is 19.8. The van der Waals surface area contributed by atoms with Crippen LogP contribution in [0.4, 0.5) is 5.13 Å². The highest BCUT2D eigenvalue weighted by molar-refractivity contribution is 7.22. The molecular weight excluding hydrogens is 426 g/mol. The Kier molecular flexibility index (Phi) is 5.35. The van der Waals surface area contributed by atoms with Gasteiger partial charge in [-0.1, -0.05) is 35.1 Å². The number of anilines is 1. The number of halogens is 1. The molecular formula is C21H14ClN3O4S. The molecule has 30 heavy (non-hydrogen) atoms. The zero-order valence-electron chi connectivity index (χ0n) is 15.5. The number of fused-ring (bicyclic) bond motifs is 1. The molecule has 0 aliphatic carbocycles. The van der Waals surface area contributed by atoms with Crippen molar-refractivity contribution in [2.24, 2.45) is 0 Å². The van der Waals surface area contributed by atoms with Crippen molar-refractivity contribution in [3.8, 4) is 11.5 Å². The van der Waals surface area contributed by atoms with Gasteiger partial charge in [0.05, 0.1) is 22.3 Å². The second-order valence-electron chi connectivity index (χ2n) is 6.18. The van der Waals surface area contributed by atoms with E-state index in [0.29, 0.717) is 31.5 Å². The summed E-state index contributed by atoms with van der Waals surface area (Å²) in [5.74, 6) is -1.04. The van der Waals surface area contributed by atoms with Gasteiger partial charge in [0.25, 0.3) is 5.91 Å². The molecule has 9 heteroatoms. The number of aromatic nitrogens is 2. The van der Waals surface area contributed by atoms with Crippen LogP contribution in [0.3, 0.4) is 0 Å². The summed E-state index contributed by atoms with van der Waals surface area (Å²) < 4.78 is 5.70. The van der Waals surface area contributed by atoms with Crippen LogP contribution in [0, 0.1) is 0 Å². The third-order valence-corrected chi connectivity index (χ3v) is 5.57. The summed E-state index contributed by atoms with van der Waals surface area (Å²) in [6, 6.07) is 13.4. The Morgan fingerprint density at radius 1 is 1.17 bits per heavy atom. The zero-order chi connectivity index (χ0) is 21.3. The molecule has 0 unspecified atom stereocenters. The second-order valence-corrected chi connectivity index (χ2v) is 7.61. The molecule has 0 aliphatic rings. The first-order valence-electron chi connectivity index (χ1n) is 8.71. The molecule has 150 valence electrons. The van der Waals surface area contributed by atoms with E-state index in [9.17, 15) is 14.7 Å². The number of hydrogen-bond acceptors (Lipinski definition) is 7. The number of nitrogens with zero attached hydrogens (tertiary/aromatic N) is 2. The van der Waals surface area contributed by atoms with Crippen LogP contribution in [0.25, 0.3) is 10.2 Å². The maximum Gasteiger partial charge on any atom is 0.280 e. The van der Waals surface area contributed by atoms with E-state index in [1.807, 2.05) is 0 Å². The third-order valence-electron chi connectivity index (χ3n) is 4.31. The molecule has 0 atom stereocenters. The Morgan fingerprint density at radius 2 is 1.97 bits per heavy atom. The van der Waals surface area contributed by atoms with Gasteiger partial charge in [0.2, 0.25) is 0 Å². The monoisotopic (exact) mass is 439 g/mol. The van der Waals surface area contributed by atoms with Gasteiger partial charge in [0.15, 0.2) is 28.1 Å². The van der Waals surface area contributed by atoms with Crippen molar-refractivity contribution in [2.75, 3.05) is 12.4 Å². The van der Waals surface area contributed by atoms with Gasteiger partial charge in [-0.25, -0.2) is 9.97 Å². The molecule has 0 bridgehead atoms. The number of benzene rings is 2. The van der Waals surface area contributed by atoms with Crippen molar-refractivity contribution in [2.45, 2.75) is 0 Å². The fraction of sp³-hybridized carbons (Fsp3) is 0.0476. The number of hydrogen-bond donors (Lipinski definition) is 2. The number of methoxy groups -OCH3 is 1. The molecule has 0 radical (unpaired) electrons. The van der Waals surface area contributed by atoms with Crippen LogP contribution in [0.5, 0.6) is 11.5 Å². The van der Waals surface area contributed by atoms with E-state index >= 15 is 0 Å². The van der Waals surface area contributed by atoms with Crippen molar-refractivity contribution < 1.29 is 19.4 Å². The normalized spacial score (nSPS) is 10.7. The van der Waals surface area contributed by atoms with E-state index in [2.05, 4.69) is 15.3 Å². The number of carbonyl (C=O) groups is 2. The van der Waals surface area contributed by atoms with Crippen molar-refractivity contribution in [3.05, 3.63) is 76.6 Å². The maximum absolute atomic E-state index is 12.8. The molecule has 7 nitrogen and oxygen atoms in total. The maximum atomic E-state index is 12.8. The molecule has 2 heterocycles. The van der Waals surface area contributed by atoms with Crippen LogP contribution in [-0.4, -0.2) is 33.9 Å². The minimum atomic E-state index is -0.627. The number of ether oxygens (including phenoxy) is 1. The largest absolute Gasteiger partial charge is 0.503 e. The number of carbonyl (C=O) groups excluding carboxylic acids is 2. The van der Waals surface area contributed by atoms with E-state index in [-0.39, 0.29) is 23.0 Å². The van der Waals surface area contributed by atoms with Crippen LogP contribution in [0.2, 0.25) is 5.02 Å². The van der Waals surface area contributed by atoms with Gasteiger partial charge < -0.3 is 9.84 Å². The molecule has 2 N–H and O–H groups in total. The van der Waals surface area contributed by atoms with Crippen LogP contribution in [0.1, 0.15) is 26.4 Å². The number of thiazole rings is 1. The highest BCUT2D eigenvalue weighted by Gasteiger charge is 2.19. The fourth-order valence-corrected chi connectivity index (χ4v) is 3.97. The molecule has 4 aromatic rings. The third kappa shape index (κ3) is 3.70. The van der Waals surface area contributed by atoms with Crippen LogP contribution in [-0.2, 0) is 0 Å². The van der Waals surface area contributed by atoms with E-state index in [0.717, 1.165) is 0 Å². The zero-order valence-corrected chi connectivity index (χ0v) is 17.1. The Hall–Kier alpha value is -3.49. The lowest BCUT2D eigenvalue weighted by Gasteiger charge is -2.06. The summed E-state index contributed by atoms with van der Waals surface area (Å²) >= 11 is 7.33. The topological polar surface area (TPSA) is 101 Å². The van der Waals surface area contributed by atoms with Crippen LogP contribution in [0.15, 0.2) is 54.7 Å². The highest BCUT2D eigenvalue weighted by atomic mass is 35.5. The summed E-state index contributed by atoms with van der Waals surface area (Å²) in [7, 11) is 1.38. The lowest BCUT2D eigenvalue weighted by molar-refractivity contribution is 0.101. The van der Waals surface area contributed by atoms with Crippen molar-refractivity contribution >= 4 is 50.0 Å². The van der Waals surface area contributed by atoms with Crippen molar-refractivity contribution in [1.29, 1.82) is 0 Å². The number of aromatic hydroxyl groups is 1. The first-order valence-corrected chi connectivity index (χ1v) is 9.90. The van der Waals surface area contributed by atoms with Gasteiger partial charge >= 0.3 is 0 Å². The molecule has 0 aliphatic heterocycles. The van der Waals surface area contributed by atoms with Crippen molar-refractivity contribution in [3.63, 3.8) is 0 Å². The number of ketones is 1. The molecule has 2 aromatic carbocycles. The average Bonchev–Trinajstić information content (AvgIpc) is 3.15. The highest BCUT2D eigenvalue weighted by Crippen LogP contribution is 2.31. The van der Waals surface area contributed by atoms with Crippen LogP contribution >= 0.6 is 22.9 Å². The minimum absolute atomic E-state index is 0.141. The smallest absolute Gasteiger partial charge is 0.280 e. The molecule has 1 amide bonds. The second kappa shape index (κ2) is 8.10. The summed E-state index contributed by atoms with van der Waals surface area (Å²) in [6.07, 6.45) is 1.36. The predicted molar refractivity (Wildman–Crippen MR) is 115 cm³/mol. The summed E-state index contributed by atoms with van der Waals surface area (Å²) in [6.45, 7) is 0. The van der Waals surface area contributed by atoms with Gasteiger partial charge in [-0.05, 0) is 30.3 Å². The minimum Gasteiger partial charge on any atom is -0.503 e. The van der Waals surface area contributed by atoms with E-state index in [1.165, 1.54) is 30.7 Å². The number of amides is 1. The van der Waals surface area contributed by atoms with Crippen molar-refractivity contribution in [1.82, 2.24) is 9.97 Å². The van der Waals surface area contributed by atoms with Gasteiger partial charge in [-0.15, -0.1) is 0 Å². The number of rotatable bonds is 5. The van der Waals surface area contributed by atoms with Gasteiger partial charge in [-0.2, -0.15) is 0 Å². The quantitative estimate of drug-likeness (QED) is 0.442. The summed E-state index contributed by atoms with van der Waals surface area (Å²) in [4.78, 5) is 33.5. The first-order chi connectivity index (χ1) is 14.5. The Morgan fingerprint density at radius 3 is 2.73 bits per heavy atom. The van der Waals surface area contributed by atoms with E-state index in [4.69, 9.17) is 16.3 Å². The molecule has 0 spiro atoms. The summed E-state index contributed by atoms with van der Waals surface area (Å²) in [5.41, 5.74) is 1.32. The van der Waals surface area contributed by atoms with Gasteiger partial charge in [-0.3, -0.25) is 14.9 Å². The lowest BCUT2D eigenvalue weighted by atomic mass is 10.0. The van der Waals surface area contributed by atoms with E-state index in [1.54, 1.807) is 42.5 Å². The molecule has 2 aromatic heterocycles. The number of nitrogens with one attached hydrogen (secondary N) is 1. The van der Waals surface area contributed by atoms with Gasteiger partial charge in [0.1, 0.15) is 0 Å². The summed E-state index contributed by atoms with van der Waals surface area (Å²) in [5, 5.41) is 13.4. The average molecular weight is 440 g/mol. The molecule has 0 fully saturated rings. The SMILES string of the molecule is COc1ccnc(C(=O)Nc2nc3ccc(C(=O)c4ccccc4Cl)cc3s2)c1O. The Labute approximate surface area is 179 Å². The van der Waals surface area contributed by atoms with Crippen LogP contribution < -0.4 is 10.1 Å². The molecule has 0 saturated heterocycles. The van der Waals surface area contributed by atoms with E-state index < -0.39 is 5.91 Å². The molecule has 4 rings (SSSR count). The standard InChI is InChI=1S/C21H14ClN3O4S/c1-29-15-8-9-23-17(19(15)27)20(28)25-21-24-14-7-6-11(10-16(14)30-21)18(26)12-4-2-3-5-13(12)22/h2-10,27H,1H3,(H,24,25,28). The fourth-order valence-electron chi connectivity index (χ4n) is 2.84. The van der Waals surface area contributed by atoms with Gasteiger partial charge in [0, 0.05) is 23.4 Å². The predicted octanol–water partition coefficient (Wildman–Crippen LogP) is 4.54. The Balaban J connectivity index is 1.61.